The summed E-state index contributed by atoms with van der Waals surface area (Å²) in [7, 11) is -2.67. The number of rotatable bonds is 8. The number of nitrogens with zero attached hydrogens (tertiary/aromatic N) is 1. The number of hydrogen-bond donors (Lipinski definition) is 1. The number of nitrogens with one attached hydrogen (secondary N) is 1. The number of halogens is 3. The van der Waals surface area contributed by atoms with E-state index in [1.807, 2.05) is 38.1 Å². The molecule has 0 fully saturated rings. The Morgan fingerprint density at radius 3 is 2.29 bits per heavy atom. The fraction of sp³-hybridized carbons (Fsp3) is 0.292. The van der Waals surface area contributed by atoms with Crippen LogP contribution in [0.3, 0.4) is 0 Å². The second kappa shape index (κ2) is 10.2. The zero-order chi connectivity index (χ0) is 25.3. The van der Waals surface area contributed by atoms with Gasteiger partial charge >= 0.3 is 0 Å². The molecule has 10 heteroatoms. The molecule has 2 aromatic carbocycles. The van der Waals surface area contributed by atoms with E-state index >= 15 is 0 Å². The lowest BCUT2D eigenvalue weighted by Crippen LogP contribution is -2.20. The van der Waals surface area contributed by atoms with Crippen LogP contribution < -0.4 is 10.1 Å². The molecule has 0 spiro atoms. The molecule has 1 unspecified atom stereocenters. The van der Waals surface area contributed by atoms with Crippen LogP contribution in [0, 0.1) is 6.92 Å². The highest BCUT2D eigenvalue weighted by Gasteiger charge is 2.26. The highest BCUT2D eigenvalue weighted by Crippen LogP contribution is 2.40. The largest absolute Gasteiger partial charge is 0.489 e. The van der Waals surface area contributed by atoms with Gasteiger partial charge in [0, 0.05) is 33.7 Å². The zero-order valence-electron chi connectivity index (χ0n) is 19.2. The summed E-state index contributed by atoms with van der Waals surface area (Å²) in [6.45, 7) is 5.96. The Morgan fingerprint density at radius 2 is 1.76 bits per heavy atom. The van der Waals surface area contributed by atoms with E-state index in [1.165, 1.54) is 6.26 Å². The number of aryl methyl sites for hydroxylation is 1. The number of anilines is 1. The van der Waals surface area contributed by atoms with Crippen LogP contribution in [-0.2, 0) is 14.9 Å². The Kier molecular flexibility index (Phi) is 7.92. The highest BCUT2D eigenvalue weighted by atomic mass is 35.5. The number of hydrogen-bond acceptors (Lipinski definition) is 5. The van der Waals surface area contributed by atoms with Crippen molar-refractivity contribution in [3.8, 4) is 5.75 Å². The molecule has 1 N–H and O–H groups in total. The average Bonchev–Trinajstić information content (AvgIpc) is 3.13. The molecule has 1 amide bonds. The van der Waals surface area contributed by atoms with Crippen molar-refractivity contribution >= 4 is 62.0 Å². The van der Waals surface area contributed by atoms with Gasteiger partial charge in [-0.25, -0.2) is 4.98 Å². The Hall–Kier alpha value is -2.19. The molecular weight excluding hydrogens is 519 g/mol. The maximum Gasteiger partial charge on any atom is 0.258 e. The summed E-state index contributed by atoms with van der Waals surface area (Å²) in [6.07, 6.45) is 1.44. The van der Waals surface area contributed by atoms with Crippen LogP contribution >= 0.6 is 34.8 Å². The van der Waals surface area contributed by atoms with Crippen molar-refractivity contribution in [3.05, 3.63) is 69.0 Å². The molecule has 0 bridgehead atoms. The number of alkyl halides is 1. The molecule has 0 aliphatic rings. The van der Waals surface area contributed by atoms with E-state index in [-0.39, 0.29) is 16.8 Å². The quantitative estimate of drug-likeness (QED) is 0.271. The lowest BCUT2D eigenvalue weighted by molar-refractivity contribution is 0.102. The lowest BCUT2D eigenvalue weighted by atomic mass is 9.78. The van der Waals surface area contributed by atoms with E-state index in [2.05, 4.69) is 16.2 Å². The molecular formula is C24H25Cl3N2O4S. The third-order valence-electron chi connectivity index (χ3n) is 5.25. The van der Waals surface area contributed by atoms with E-state index in [0.29, 0.717) is 33.8 Å². The fourth-order valence-electron chi connectivity index (χ4n) is 3.36. The maximum absolute atomic E-state index is 12.8. The molecule has 0 aliphatic heterocycles. The Bertz CT molecular complexity index is 1290. The van der Waals surface area contributed by atoms with E-state index in [4.69, 9.17) is 44.0 Å². The molecule has 0 radical (unpaired) electrons. The molecule has 3 aromatic rings. The summed E-state index contributed by atoms with van der Waals surface area (Å²) in [5, 5.41) is 3.56. The third-order valence-corrected chi connectivity index (χ3v) is 7.06. The van der Waals surface area contributed by atoms with Gasteiger partial charge in [-0.2, -0.15) is 0 Å². The van der Waals surface area contributed by atoms with Crippen LogP contribution in [0.4, 0.5) is 5.88 Å². The van der Waals surface area contributed by atoms with Crippen molar-refractivity contribution in [1.29, 1.82) is 0 Å². The summed E-state index contributed by atoms with van der Waals surface area (Å²) < 4.78 is 23.3. The Morgan fingerprint density at radius 1 is 1.18 bits per heavy atom. The van der Waals surface area contributed by atoms with Crippen LogP contribution in [0.2, 0.25) is 10.0 Å². The predicted octanol–water partition coefficient (Wildman–Crippen LogP) is 6.19. The normalized spacial score (nSPS) is 13.4. The summed E-state index contributed by atoms with van der Waals surface area (Å²) in [6, 6.07) is 10.7. The number of carbonyl (C=O) groups is 1. The monoisotopic (exact) mass is 542 g/mol. The highest BCUT2D eigenvalue weighted by molar-refractivity contribution is 7.99. The van der Waals surface area contributed by atoms with Gasteiger partial charge in [0.15, 0.2) is 16.7 Å². The maximum atomic E-state index is 12.8. The number of ether oxygens (including phenoxy) is 1. The fourth-order valence-corrected chi connectivity index (χ4v) is 4.84. The van der Waals surface area contributed by atoms with Crippen LogP contribution in [0.1, 0.15) is 41.2 Å². The van der Waals surface area contributed by atoms with Gasteiger partial charge in [-0.3, -0.25) is 14.3 Å². The van der Waals surface area contributed by atoms with Crippen LogP contribution in [0.5, 0.6) is 5.75 Å². The van der Waals surface area contributed by atoms with Gasteiger partial charge in [-0.05, 0) is 41.3 Å². The number of amides is 1. The van der Waals surface area contributed by atoms with Crippen molar-refractivity contribution in [2.75, 3.05) is 24.1 Å². The van der Waals surface area contributed by atoms with Crippen molar-refractivity contribution in [1.82, 2.24) is 4.98 Å². The molecule has 1 heterocycles. The number of aromatic nitrogens is 1. The number of oxazole rings is 1. The minimum absolute atomic E-state index is 0.0372. The van der Waals surface area contributed by atoms with Gasteiger partial charge in [0.2, 0.25) is 5.88 Å². The minimum Gasteiger partial charge on any atom is -0.489 e. The molecule has 6 nitrogen and oxygen atoms in total. The van der Waals surface area contributed by atoms with Crippen molar-refractivity contribution in [2.45, 2.75) is 31.2 Å². The summed E-state index contributed by atoms with van der Waals surface area (Å²) in [5.41, 5.74) is 1.75. The second-order valence-corrected chi connectivity index (χ2v) is 11.9. The third kappa shape index (κ3) is 5.71. The van der Waals surface area contributed by atoms with Crippen LogP contribution in [-0.4, -0.2) is 39.7 Å². The Balaban J connectivity index is 1.84. The standard InChI is InChI=1S/C24H25Cl3N2O4S/c1-14-28-23(34(4,5)31)22(33-14)29-21(30)15-6-8-16(9-7-15)24(2,3)17-12-18(26)20(19(27)13-17)32-11-10-25/h6-9,12-13H,4,10-11H2,1-3,5H3,(H,29,30). The summed E-state index contributed by atoms with van der Waals surface area (Å²) in [5.74, 6) is 4.25. The van der Waals surface area contributed by atoms with E-state index < -0.39 is 20.8 Å². The van der Waals surface area contributed by atoms with Gasteiger partial charge in [0.1, 0.15) is 6.61 Å². The number of carbonyl (C=O) groups excluding carboxylic acids is 1. The average molecular weight is 544 g/mol. The molecule has 1 atom stereocenters. The van der Waals surface area contributed by atoms with E-state index in [9.17, 15) is 9.00 Å². The van der Waals surface area contributed by atoms with E-state index in [0.717, 1.165) is 11.1 Å². The van der Waals surface area contributed by atoms with E-state index in [1.54, 1.807) is 19.1 Å². The first-order chi connectivity index (χ1) is 15.8. The smallest absolute Gasteiger partial charge is 0.258 e. The van der Waals surface area contributed by atoms with Gasteiger partial charge in [0.05, 0.1) is 15.9 Å². The molecule has 0 saturated carbocycles. The molecule has 3 rings (SSSR count). The van der Waals surface area contributed by atoms with Crippen molar-refractivity contribution < 1.29 is 18.2 Å². The molecule has 0 aliphatic carbocycles. The summed E-state index contributed by atoms with van der Waals surface area (Å²) in [4.78, 5) is 16.9. The molecule has 0 saturated heterocycles. The first-order valence-electron chi connectivity index (χ1n) is 10.2. The molecule has 1 aromatic heterocycles. The second-order valence-electron chi connectivity index (χ2n) is 8.34. The predicted molar refractivity (Wildman–Crippen MR) is 140 cm³/mol. The van der Waals surface area contributed by atoms with Crippen LogP contribution in [0.15, 0.2) is 45.8 Å². The number of benzene rings is 2. The van der Waals surface area contributed by atoms with Crippen molar-refractivity contribution in [3.63, 3.8) is 0 Å². The molecule has 34 heavy (non-hydrogen) atoms. The summed E-state index contributed by atoms with van der Waals surface area (Å²) >= 11 is 18.5. The first kappa shape index (κ1) is 26.4. The van der Waals surface area contributed by atoms with Crippen LogP contribution in [0.25, 0.3) is 0 Å². The molecule has 182 valence electrons. The van der Waals surface area contributed by atoms with Gasteiger partial charge in [-0.1, -0.05) is 49.2 Å². The van der Waals surface area contributed by atoms with Gasteiger partial charge < -0.3 is 9.15 Å². The van der Waals surface area contributed by atoms with Gasteiger partial charge in [-0.15, -0.1) is 11.6 Å². The topological polar surface area (TPSA) is 81.4 Å². The van der Waals surface area contributed by atoms with Crippen molar-refractivity contribution in [2.24, 2.45) is 0 Å². The lowest BCUT2D eigenvalue weighted by Gasteiger charge is -2.27. The Labute approximate surface area is 214 Å². The first-order valence-corrected chi connectivity index (χ1v) is 13.7. The van der Waals surface area contributed by atoms with Gasteiger partial charge in [0.25, 0.3) is 5.91 Å². The SMILES string of the molecule is C=S(C)(=O)c1nc(C)oc1NC(=O)c1ccc(C(C)(C)c2cc(Cl)c(OCCCl)c(Cl)c2)cc1. The minimum atomic E-state index is -2.67. The zero-order valence-corrected chi connectivity index (χ0v) is 22.3.